The first-order valence-corrected chi connectivity index (χ1v) is 5.86. The third kappa shape index (κ3) is 4.07. The predicted molar refractivity (Wildman–Crippen MR) is 71.3 cm³/mol. The second-order valence-electron chi connectivity index (χ2n) is 3.92. The average molecular weight is 278 g/mol. The van der Waals surface area contributed by atoms with Crippen LogP contribution in [0.2, 0.25) is 0 Å². The molecule has 6 heteroatoms. The summed E-state index contributed by atoms with van der Waals surface area (Å²) >= 11 is 0. The first-order valence-electron chi connectivity index (χ1n) is 5.86. The van der Waals surface area contributed by atoms with Gasteiger partial charge in [0.15, 0.2) is 0 Å². The lowest BCUT2D eigenvalue weighted by molar-refractivity contribution is -0.142. The van der Waals surface area contributed by atoms with E-state index >= 15 is 0 Å². The Morgan fingerprint density at radius 3 is 2.75 bits per heavy atom. The molecular formula is C14H15FN2O3. The lowest BCUT2D eigenvalue weighted by atomic mass is 10.1. The summed E-state index contributed by atoms with van der Waals surface area (Å²) in [6, 6.07) is 3.09. The lowest BCUT2D eigenvalue weighted by Crippen LogP contribution is -2.39. The molecule has 1 unspecified atom stereocenters. The number of ether oxygens (including phenoxy) is 1. The molecule has 0 saturated carbocycles. The molecule has 0 saturated heterocycles. The minimum absolute atomic E-state index is 0.167. The summed E-state index contributed by atoms with van der Waals surface area (Å²) in [6.07, 6.45) is 0. The zero-order valence-electron chi connectivity index (χ0n) is 11.2. The van der Waals surface area contributed by atoms with Gasteiger partial charge in [0, 0.05) is 5.56 Å². The highest BCUT2D eigenvalue weighted by atomic mass is 19.1. The second-order valence-corrected chi connectivity index (χ2v) is 3.92. The molecule has 5 nitrogen and oxygen atoms in total. The molecule has 106 valence electrons. The summed E-state index contributed by atoms with van der Waals surface area (Å²) in [5, 5.41) is 2.34. The van der Waals surface area contributed by atoms with E-state index in [1.165, 1.54) is 26.2 Å². The number of esters is 1. The first kappa shape index (κ1) is 15.7. The quantitative estimate of drug-likeness (QED) is 0.620. The Kier molecular flexibility index (Phi) is 5.69. The van der Waals surface area contributed by atoms with E-state index in [0.717, 1.165) is 6.07 Å². The molecule has 1 rings (SSSR count). The molecule has 0 aliphatic carbocycles. The molecule has 0 fully saturated rings. The van der Waals surface area contributed by atoms with Crippen LogP contribution in [0.4, 0.5) is 4.39 Å². The van der Waals surface area contributed by atoms with Gasteiger partial charge in [-0.1, -0.05) is 11.8 Å². The monoisotopic (exact) mass is 278 g/mol. The second kappa shape index (κ2) is 7.26. The molecule has 1 aromatic carbocycles. The third-order valence-electron chi connectivity index (χ3n) is 2.45. The zero-order chi connectivity index (χ0) is 15.1. The number of carbonyl (C=O) groups is 2. The van der Waals surface area contributed by atoms with Crippen molar-refractivity contribution in [3.8, 4) is 11.8 Å². The predicted octanol–water partition coefficient (Wildman–Crippen LogP) is 0.427. The lowest BCUT2D eigenvalue weighted by Gasteiger charge is -2.11. The fourth-order valence-electron chi connectivity index (χ4n) is 1.44. The first-order chi connectivity index (χ1) is 9.49. The highest BCUT2D eigenvalue weighted by Crippen LogP contribution is 2.10. The Labute approximate surface area is 116 Å². The highest BCUT2D eigenvalue weighted by molar-refractivity contribution is 5.97. The number of halogens is 1. The van der Waals surface area contributed by atoms with E-state index in [4.69, 9.17) is 5.73 Å². The summed E-state index contributed by atoms with van der Waals surface area (Å²) in [6.45, 7) is 1.61. The van der Waals surface area contributed by atoms with E-state index in [1.807, 2.05) is 0 Å². The van der Waals surface area contributed by atoms with Crippen molar-refractivity contribution in [3.05, 3.63) is 35.1 Å². The minimum Gasteiger partial charge on any atom is -0.467 e. The molecule has 0 bridgehead atoms. The van der Waals surface area contributed by atoms with E-state index in [0.29, 0.717) is 5.56 Å². The number of methoxy groups -OCH3 is 1. The Bertz CT molecular complexity index is 576. The molecule has 0 heterocycles. The zero-order valence-corrected chi connectivity index (χ0v) is 11.2. The van der Waals surface area contributed by atoms with Gasteiger partial charge in [0.05, 0.1) is 19.2 Å². The molecular weight excluding hydrogens is 263 g/mol. The maximum atomic E-state index is 13.8. The van der Waals surface area contributed by atoms with E-state index in [2.05, 4.69) is 21.9 Å². The van der Waals surface area contributed by atoms with Crippen molar-refractivity contribution in [2.45, 2.75) is 13.0 Å². The van der Waals surface area contributed by atoms with Gasteiger partial charge in [0.1, 0.15) is 11.9 Å². The van der Waals surface area contributed by atoms with Crippen LogP contribution in [0.15, 0.2) is 18.2 Å². The smallest absolute Gasteiger partial charge is 0.328 e. The van der Waals surface area contributed by atoms with Crippen LogP contribution in [-0.4, -0.2) is 31.6 Å². The molecule has 0 aliphatic rings. The Balaban J connectivity index is 2.86. The molecule has 3 N–H and O–H groups in total. The molecule has 1 aromatic rings. The van der Waals surface area contributed by atoms with Crippen LogP contribution in [0.5, 0.6) is 0 Å². The van der Waals surface area contributed by atoms with Gasteiger partial charge >= 0.3 is 5.97 Å². The van der Waals surface area contributed by atoms with Crippen molar-refractivity contribution in [2.75, 3.05) is 13.7 Å². The minimum atomic E-state index is -0.858. The van der Waals surface area contributed by atoms with Gasteiger partial charge in [-0.2, -0.15) is 0 Å². The van der Waals surface area contributed by atoms with Crippen LogP contribution in [-0.2, 0) is 9.53 Å². The molecule has 1 amide bonds. The van der Waals surface area contributed by atoms with E-state index in [1.54, 1.807) is 0 Å². The van der Waals surface area contributed by atoms with E-state index < -0.39 is 23.7 Å². The van der Waals surface area contributed by atoms with Gasteiger partial charge in [-0.15, -0.1) is 0 Å². The van der Waals surface area contributed by atoms with Crippen LogP contribution in [0.1, 0.15) is 22.8 Å². The van der Waals surface area contributed by atoms with Crippen LogP contribution < -0.4 is 11.1 Å². The fourth-order valence-corrected chi connectivity index (χ4v) is 1.44. The molecule has 0 radical (unpaired) electrons. The summed E-state index contributed by atoms with van der Waals surface area (Å²) in [5.41, 5.74) is 5.47. The summed E-state index contributed by atoms with van der Waals surface area (Å²) in [7, 11) is 1.20. The van der Waals surface area contributed by atoms with Crippen molar-refractivity contribution >= 4 is 11.9 Å². The number of benzene rings is 1. The van der Waals surface area contributed by atoms with Gasteiger partial charge in [-0.05, 0) is 25.1 Å². The van der Waals surface area contributed by atoms with Crippen LogP contribution in [0.25, 0.3) is 0 Å². The molecule has 20 heavy (non-hydrogen) atoms. The molecule has 0 aliphatic heterocycles. The number of rotatable bonds is 3. The van der Waals surface area contributed by atoms with Gasteiger partial charge < -0.3 is 15.8 Å². The fraction of sp³-hybridized carbons (Fsp3) is 0.286. The maximum Gasteiger partial charge on any atom is 0.328 e. The summed E-state index contributed by atoms with van der Waals surface area (Å²) < 4.78 is 18.3. The van der Waals surface area contributed by atoms with Gasteiger partial charge in [-0.25, -0.2) is 9.18 Å². The van der Waals surface area contributed by atoms with Crippen molar-refractivity contribution in [2.24, 2.45) is 5.73 Å². The molecule has 0 spiro atoms. The normalized spacial score (nSPS) is 11.0. The average Bonchev–Trinajstić information content (AvgIpc) is 2.43. The number of nitrogens with one attached hydrogen (secondary N) is 1. The van der Waals surface area contributed by atoms with Crippen LogP contribution in [0, 0.1) is 17.7 Å². The third-order valence-corrected chi connectivity index (χ3v) is 2.45. The number of amides is 1. The summed E-state index contributed by atoms with van der Waals surface area (Å²) in [4.78, 5) is 23.0. The number of hydrogen-bond donors (Lipinski definition) is 2. The van der Waals surface area contributed by atoms with Gasteiger partial charge in [0.25, 0.3) is 5.91 Å². The Hall–Kier alpha value is -2.39. The topological polar surface area (TPSA) is 81.4 Å². The van der Waals surface area contributed by atoms with Crippen LogP contribution in [0.3, 0.4) is 0 Å². The molecule has 0 aromatic heterocycles. The van der Waals surface area contributed by atoms with E-state index in [9.17, 15) is 14.0 Å². The largest absolute Gasteiger partial charge is 0.467 e. The number of nitrogens with two attached hydrogens (primary N) is 1. The summed E-state index contributed by atoms with van der Waals surface area (Å²) in [5.74, 6) is 3.22. The van der Waals surface area contributed by atoms with Crippen molar-refractivity contribution < 1.29 is 18.7 Å². The Morgan fingerprint density at radius 1 is 1.50 bits per heavy atom. The Morgan fingerprint density at radius 2 is 2.20 bits per heavy atom. The van der Waals surface area contributed by atoms with Crippen molar-refractivity contribution in [1.29, 1.82) is 0 Å². The van der Waals surface area contributed by atoms with Crippen LogP contribution >= 0.6 is 0 Å². The van der Waals surface area contributed by atoms with Gasteiger partial charge in [-0.3, -0.25) is 4.79 Å². The number of carbonyl (C=O) groups excluding carboxylic acids is 2. The van der Waals surface area contributed by atoms with Gasteiger partial charge in [0.2, 0.25) is 0 Å². The maximum absolute atomic E-state index is 13.8. The SMILES string of the molecule is COC(=O)C(C)NC(=O)c1ccc(C#CCN)cc1F. The van der Waals surface area contributed by atoms with Crippen molar-refractivity contribution in [3.63, 3.8) is 0 Å². The molecule has 1 atom stereocenters. The van der Waals surface area contributed by atoms with E-state index in [-0.39, 0.29) is 12.1 Å². The standard InChI is InChI=1S/C14H15FN2O3/c1-9(14(19)20-2)17-13(18)11-6-5-10(4-3-7-16)8-12(11)15/h5-6,8-9H,7,16H2,1-2H3,(H,17,18). The van der Waals surface area contributed by atoms with Crippen molar-refractivity contribution in [1.82, 2.24) is 5.32 Å². The number of hydrogen-bond acceptors (Lipinski definition) is 4. The highest BCUT2D eigenvalue weighted by Gasteiger charge is 2.19.